The van der Waals surface area contributed by atoms with E-state index in [0.29, 0.717) is 12.0 Å². The maximum absolute atomic E-state index is 10.8. The van der Waals surface area contributed by atoms with Gasteiger partial charge in [0.05, 0.1) is 11.6 Å². The third-order valence-corrected chi connectivity index (χ3v) is 2.18. The molecule has 1 atom stereocenters. The minimum atomic E-state index is -0.951. The summed E-state index contributed by atoms with van der Waals surface area (Å²) < 4.78 is 0. The van der Waals surface area contributed by atoms with E-state index < -0.39 is 11.9 Å². The lowest BCUT2D eigenvalue weighted by Crippen LogP contribution is -2.11. The van der Waals surface area contributed by atoms with Gasteiger partial charge in [0.2, 0.25) is 0 Å². The lowest BCUT2D eigenvalue weighted by molar-refractivity contribution is -0.138. The van der Waals surface area contributed by atoms with Crippen molar-refractivity contribution in [3.8, 4) is 5.75 Å². The third kappa shape index (κ3) is 1.79. The second-order valence-corrected chi connectivity index (χ2v) is 3.08. The standard InChI is InChI=1S/C10H13NO3/c1-2-6(10(13)14)7-4-3-5-8(11)9(7)12/h3-6,12H,2,11H2,1H3,(H,13,14). The normalized spacial score (nSPS) is 12.4. The molecule has 0 aliphatic rings. The molecule has 1 rings (SSSR count). The van der Waals surface area contributed by atoms with Gasteiger partial charge in [-0.2, -0.15) is 0 Å². The van der Waals surface area contributed by atoms with Gasteiger partial charge in [0.15, 0.2) is 0 Å². The fourth-order valence-corrected chi connectivity index (χ4v) is 1.39. The van der Waals surface area contributed by atoms with E-state index in [-0.39, 0.29) is 11.4 Å². The predicted octanol–water partition coefficient (Wildman–Crippen LogP) is 1.55. The van der Waals surface area contributed by atoms with Crippen LogP contribution in [-0.2, 0) is 4.79 Å². The molecule has 0 saturated carbocycles. The average molecular weight is 195 g/mol. The van der Waals surface area contributed by atoms with Crippen LogP contribution in [0.15, 0.2) is 18.2 Å². The highest BCUT2D eigenvalue weighted by molar-refractivity contribution is 5.78. The first kappa shape index (κ1) is 10.4. The summed E-state index contributed by atoms with van der Waals surface area (Å²) in [5.41, 5.74) is 6.06. The van der Waals surface area contributed by atoms with Gasteiger partial charge in [-0.3, -0.25) is 4.79 Å². The first-order valence-electron chi connectivity index (χ1n) is 4.38. The van der Waals surface area contributed by atoms with Crippen LogP contribution in [-0.4, -0.2) is 16.2 Å². The lowest BCUT2D eigenvalue weighted by atomic mass is 9.95. The molecule has 1 aromatic carbocycles. The molecule has 1 unspecified atom stereocenters. The molecule has 0 aromatic heterocycles. The van der Waals surface area contributed by atoms with E-state index >= 15 is 0 Å². The number of hydrogen-bond acceptors (Lipinski definition) is 3. The number of aliphatic carboxylic acids is 1. The van der Waals surface area contributed by atoms with Crippen molar-refractivity contribution in [2.24, 2.45) is 0 Å². The van der Waals surface area contributed by atoms with Crippen molar-refractivity contribution in [1.82, 2.24) is 0 Å². The molecule has 0 bridgehead atoms. The van der Waals surface area contributed by atoms with Crippen molar-refractivity contribution in [2.45, 2.75) is 19.3 Å². The summed E-state index contributed by atoms with van der Waals surface area (Å²) in [6.07, 6.45) is 0.423. The molecule has 1 aromatic rings. The van der Waals surface area contributed by atoms with Gasteiger partial charge in [0.25, 0.3) is 0 Å². The number of hydrogen-bond donors (Lipinski definition) is 3. The highest BCUT2D eigenvalue weighted by Gasteiger charge is 2.21. The number of benzene rings is 1. The molecule has 14 heavy (non-hydrogen) atoms. The second-order valence-electron chi connectivity index (χ2n) is 3.08. The molecule has 0 heterocycles. The van der Waals surface area contributed by atoms with Gasteiger partial charge in [0, 0.05) is 5.56 Å². The lowest BCUT2D eigenvalue weighted by Gasteiger charge is -2.12. The number of carboxylic acid groups (broad SMARTS) is 1. The smallest absolute Gasteiger partial charge is 0.311 e. The van der Waals surface area contributed by atoms with Gasteiger partial charge in [-0.05, 0) is 12.5 Å². The Balaban J connectivity index is 3.16. The van der Waals surface area contributed by atoms with Crippen LogP contribution in [0.2, 0.25) is 0 Å². The Labute approximate surface area is 82.0 Å². The minimum absolute atomic E-state index is 0.123. The van der Waals surface area contributed by atoms with E-state index in [1.807, 2.05) is 0 Å². The molecular formula is C10H13NO3. The number of para-hydroxylation sites is 1. The van der Waals surface area contributed by atoms with E-state index in [9.17, 15) is 9.90 Å². The predicted molar refractivity (Wildman–Crippen MR) is 53.2 cm³/mol. The van der Waals surface area contributed by atoms with Gasteiger partial charge in [-0.15, -0.1) is 0 Å². The summed E-state index contributed by atoms with van der Waals surface area (Å²) in [7, 11) is 0. The molecule has 0 amide bonds. The van der Waals surface area contributed by atoms with Crippen LogP contribution in [0.3, 0.4) is 0 Å². The quantitative estimate of drug-likeness (QED) is 0.504. The maximum atomic E-state index is 10.8. The van der Waals surface area contributed by atoms with Crippen molar-refractivity contribution in [3.05, 3.63) is 23.8 Å². The first-order chi connectivity index (χ1) is 6.57. The summed E-state index contributed by atoms with van der Waals surface area (Å²) in [6.45, 7) is 1.75. The fourth-order valence-electron chi connectivity index (χ4n) is 1.39. The van der Waals surface area contributed by atoms with E-state index in [0.717, 1.165) is 0 Å². The number of nitrogen functional groups attached to an aromatic ring is 1. The van der Waals surface area contributed by atoms with E-state index in [4.69, 9.17) is 10.8 Å². The summed E-state index contributed by atoms with van der Waals surface area (Å²) >= 11 is 0. The maximum Gasteiger partial charge on any atom is 0.311 e. The van der Waals surface area contributed by atoms with Crippen molar-refractivity contribution in [1.29, 1.82) is 0 Å². The SMILES string of the molecule is CCC(C(=O)O)c1cccc(N)c1O. The molecule has 76 valence electrons. The first-order valence-corrected chi connectivity index (χ1v) is 4.38. The monoisotopic (exact) mass is 195 g/mol. The van der Waals surface area contributed by atoms with Crippen molar-refractivity contribution >= 4 is 11.7 Å². The van der Waals surface area contributed by atoms with Crippen LogP contribution in [0.25, 0.3) is 0 Å². The highest BCUT2D eigenvalue weighted by atomic mass is 16.4. The topological polar surface area (TPSA) is 83.5 Å². The van der Waals surface area contributed by atoms with E-state index in [2.05, 4.69) is 0 Å². The number of phenols is 1. The molecule has 4 heteroatoms. The number of phenolic OH excluding ortho intramolecular Hbond substituents is 1. The largest absolute Gasteiger partial charge is 0.505 e. The summed E-state index contributed by atoms with van der Waals surface area (Å²) in [5.74, 6) is -1.77. The van der Waals surface area contributed by atoms with Crippen LogP contribution in [0.1, 0.15) is 24.8 Å². The van der Waals surface area contributed by atoms with Crippen LogP contribution >= 0.6 is 0 Å². The third-order valence-electron chi connectivity index (χ3n) is 2.18. The number of anilines is 1. The molecule has 0 spiro atoms. The fraction of sp³-hybridized carbons (Fsp3) is 0.300. The van der Waals surface area contributed by atoms with Gasteiger partial charge in [-0.25, -0.2) is 0 Å². The Morgan fingerprint density at radius 1 is 1.57 bits per heavy atom. The van der Waals surface area contributed by atoms with Crippen LogP contribution in [0, 0.1) is 0 Å². The molecule has 4 N–H and O–H groups in total. The Bertz CT molecular complexity index is 349. The number of carboxylic acids is 1. The van der Waals surface area contributed by atoms with Gasteiger partial charge < -0.3 is 15.9 Å². The minimum Gasteiger partial charge on any atom is -0.505 e. The summed E-state index contributed by atoms with van der Waals surface area (Å²) in [4.78, 5) is 10.8. The van der Waals surface area contributed by atoms with Crippen molar-refractivity contribution in [2.75, 3.05) is 5.73 Å². The molecule has 0 fully saturated rings. The summed E-state index contributed by atoms with van der Waals surface area (Å²) in [6, 6.07) is 4.75. The van der Waals surface area contributed by atoms with Gasteiger partial charge in [0.1, 0.15) is 5.75 Å². The molecule has 0 aliphatic heterocycles. The van der Waals surface area contributed by atoms with Crippen molar-refractivity contribution in [3.63, 3.8) is 0 Å². The Morgan fingerprint density at radius 2 is 2.21 bits per heavy atom. The van der Waals surface area contributed by atoms with E-state index in [1.165, 1.54) is 6.07 Å². The Morgan fingerprint density at radius 3 is 2.71 bits per heavy atom. The number of carbonyl (C=O) groups is 1. The molecule has 4 nitrogen and oxygen atoms in total. The zero-order valence-corrected chi connectivity index (χ0v) is 7.90. The number of aromatic hydroxyl groups is 1. The molecule has 0 radical (unpaired) electrons. The Kier molecular flexibility index (Phi) is 2.96. The molecule has 0 saturated heterocycles. The molecule has 0 aliphatic carbocycles. The van der Waals surface area contributed by atoms with Gasteiger partial charge >= 0.3 is 5.97 Å². The highest BCUT2D eigenvalue weighted by Crippen LogP contribution is 2.32. The zero-order valence-electron chi connectivity index (χ0n) is 7.90. The number of rotatable bonds is 3. The van der Waals surface area contributed by atoms with E-state index in [1.54, 1.807) is 19.1 Å². The van der Waals surface area contributed by atoms with Gasteiger partial charge in [-0.1, -0.05) is 19.1 Å². The Hall–Kier alpha value is -1.71. The van der Waals surface area contributed by atoms with Crippen LogP contribution in [0.4, 0.5) is 5.69 Å². The second kappa shape index (κ2) is 4.00. The number of nitrogens with two attached hydrogens (primary N) is 1. The summed E-state index contributed by atoms with van der Waals surface area (Å²) in [5, 5.41) is 18.4. The van der Waals surface area contributed by atoms with Crippen molar-refractivity contribution < 1.29 is 15.0 Å². The van der Waals surface area contributed by atoms with Crippen LogP contribution < -0.4 is 5.73 Å². The van der Waals surface area contributed by atoms with Crippen LogP contribution in [0.5, 0.6) is 5.75 Å². The molecular weight excluding hydrogens is 182 g/mol. The zero-order chi connectivity index (χ0) is 10.7. The average Bonchev–Trinajstić information content (AvgIpc) is 2.13.